The summed E-state index contributed by atoms with van der Waals surface area (Å²) in [4.78, 5) is 12.8. The first-order valence-corrected chi connectivity index (χ1v) is 8.81. The van der Waals surface area contributed by atoms with E-state index < -0.39 is 11.7 Å². The van der Waals surface area contributed by atoms with Gasteiger partial charge in [0.1, 0.15) is 24.9 Å². The van der Waals surface area contributed by atoms with Crippen LogP contribution in [0.15, 0.2) is 52.9 Å². The number of benzene rings is 2. The molecule has 0 aromatic heterocycles. The molecular formula is C19H14F2N2O3S. The van der Waals surface area contributed by atoms with Crippen molar-refractivity contribution in [1.82, 2.24) is 0 Å². The van der Waals surface area contributed by atoms with Gasteiger partial charge in [-0.2, -0.15) is 14.0 Å². The number of nitriles is 1. The molecule has 1 N–H and O–H groups in total. The zero-order valence-corrected chi connectivity index (χ0v) is 14.8. The van der Waals surface area contributed by atoms with Crippen molar-refractivity contribution < 1.29 is 23.0 Å². The second-order valence-corrected chi connectivity index (χ2v) is 6.46. The first-order valence-electron chi connectivity index (χ1n) is 7.93. The molecule has 1 aliphatic rings. The van der Waals surface area contributed by atoms with Crippen molar-refractivity contribution in [3.05, 3.63) is 53.6 Å². The summed E-state index contributed by atoms with van der Waals surface area (Å²) in [5, 5.41) is 11.9. The van der Waals surface area contributed by atoms with E-state index in [1.165, 1.54) is 30.3 Å². The molecule has 0 spiro atoms. The summed E-state index contributed by atoms with van der Waals surface area (Å²) in [5.74, 6) is -2.08. The summed E-state index contributed by atoms with van der Waals surface area (Å²) in [6.45, 7) is 0.820. The Balaban J connectivity index is 1.77. The quantitative estimate of drug-likeness (QED) is 0.469. The molecule has 2 aromatic carbocycles. The third-order valence-electron chi connectivity index (χ3n) is 3.60. The summed E-state index contributed by atoms with van der Waals surface area (Å²) in [6, 6.07) is 13.0. The smallest absolute Gasteiger partial charge is 0.288 e. The highest BCUT2D eigenvalue weighted by Gasteiger charge is 2.17. The first-order chi connectivity index (χ1) is 13.1. The minimum atomic E-state index is -2.51. The molecule has 0 atom stereocenters. The van der Waals surface area contributed by atoms with Crippen LogP contribution in [0.1, 0.15) is 5.56 Å². The average Bonchev–Trinajstić information content (AvgIpc) is 2.67. The monoisotopic (exact) mass is 388 g/mol. The number of fused-ring (bicyclic) bond motifs is 1. The lowest BCUT2D eigenvalue weighted by Crippen LogP contribution is -2.16. The molecule has 1 amide bonds. The van der Waals surface area contributed by atoms with Gasteiger partial charge in [-0.05, 0) is 36.4 Å². The number of para-hydroxylation sites is 1. The SMILES string of the molecule is N#CC(=Cc1cccc2c1OCCO2)C(=O)Nc1ccc(SC(F)F)cc1. The number of thioether (sulfide) groups is 1. The van der Waals surface area contributed by atoms with Gasteiger partial charge in [0.25, 0.3) is 11.7 Å². The number of nitrogens with zero attached hydrogens (tertiary/aromatic N) is 1. The molecular weight excluding hydrogens is 374 g/mol. The lowest BCUT2D eigenvalue weighted by atomic mass is 10.1. The number of nitrogens with one attached hydrogen (secondary N) is 1. The Morgan fingerprint density at radius 1 is 1.19 bits per heavy atom. The van der Waals surface area contributed by atoms with E-state index in [9.17, 15) is 18.8 Å². The van der Waals surface area contributed by atoms with Crippen LogP contribution < -0.4 is 14.8 Å². The highest BCUT2D eigenvalue weighted by Crippen LogP contribution is 2.35. The van der Waals surface area contributed by atoms with Gasteiger partial charge < -0.3 is 14.8 Å². The number of rotatable bonds is 5. The van der Waals surface area contributed by atoms with Crippen LogP contribution in [0.3, 0.4) is 0 Å². The zero-order chi connectivity index (χ0) is 19.2. The van der Waals surface area contributed by atoms with Gasteiger partial charge in [-0.15, -0.1) is 0 Å². The second kappa shape index (κ2) is 8.56. The van der Waals surface area contributed by atoms with Gasteiger partial charge in [-0.1, -0.05) is 23.9 Å². The van der Waals surface area contributed by atoms with Crippen LogP contribution in [0.25, 0.3) is 6.08 Å². The molecule has 0 aliphatic carbocycles. The standard InChI is InChI=1S/C19H14F2N2O3S/c20-19(21)27-15-6-4-14(5-7-15)23-18(24)13(11-22)10-12-2-1-3-16-17(12)26-9-8-25-16/h1-7,10,19H,8-9H2,(H,23,24). The molecule has 5 nitrogen and oxygen atoms in total. The number of anilines is 1. The molecule has 0 unspecified atom stereocenters. The number of carbonyl (C=O) groups excluding carboxylic acids is 1. The number of amides is 1. The van der Waals surface area contributed by atoms with Crippen molar-refractivity contribution in [1.29, 1.82) is 5.26 Å². The molecule has 0 bridgehead atoms. The molecule has 3 rings (SSSR count). The number of ether oxygens (including phenoxy) is 2. The van der Waals surface area contributed by atoms with Crippen LogP contribution in [0.4, 0.5) is 14.5 Å². The van der Waals surface area contributed by atoms with Crippen LogP contribution in [-0.4, -0.2) is 24.9 Å². The Labute approximate surface area is 158 Å². The second-order valence-electron chi connectivity index (χ2n) is 5.40. The molecule has 0 saturated heterocycles. The topological polar surface area (TPSA) is 71.3 Å². The number of hydrogen-bond donors (Lipinski definition) is 1. The van der Waals surface area contributed by atoms with E-state index in [4.69, 9.17) is 9.47 Å². The van der Waals surface area contributed by atoms with Crippen LogP contribution in [0, 0.1) is 11.3 Å². The molecule has 27 heavy (non-hydrogen) atoms. The van der Waals surface area contributed by atoms with E-state index in [0.717, 1.165) is 0 Å². The molecule has 1 aliphatic heterocycles. The first kappa shape index (κ1) is 18.7. The number of alkyl halides is 2. The van der Waals surface area contributed by atoms with E-state index in [-0.39, 0.29) is 5.57 Å². The highest BCUT2D eigenvalue weighted by molar-refractivity contribution is 7.99. The van der Waals surface area contributed by atoms with Crippen molar-refractivity contribution in [2.75, 3.05) is 18.5 Å². The summed E-state index contributed by atoms with van der Waals surface area (Å²) >= 11 is 0.416. The average molecular weight is 388 g/mol. The third-order valence-corrected chi connectivity index (χ3v) is 4.32. The van der Waals surface area contributed by atoms with Crippen molar-refractivity contribution >= 4 is 29.4 Å². The van der Waals surface area contributed by atoms with Gasteiger partial charge >= 0.3 is 0 Å². The van der Waals surface area contributed by atoms with Crippen molar-refractivity contribution in [3.63, 3.8) is 0 Å². The van der Waals surface area contributed by atoms with E-state index in [1.54, 1.807) is 18.2 Å². The Kier molecular flexibility index (Phi) is 5.94. The van der Waals surface area contributed by atoms with Crippen LogP contribution in [0.5, 0.6) is 11.5 Å². The summed E-state index contributed by atoms with van der Waals surface area (Å²) < 4.78 is 35.7. The lowest BCUT2D eigenvalue weighted by molar-refractivity contribution is -0.112. The van der Waals surface area contributed by atoms with E-state index in [0.29, 0.717) is 52.6 Å². The highest BCUT2D eigenvalue weighted by atomic mass is 32.2. The predicted octanol–water partition coefficient (Wildman–Crippen LogP) is 4.32. The lowest BCUT2D eigenvalue weighted by Gasteiger charge is -2.19. The maximum atomic E-state index is 12.4. The molecule has 8 heteroatoms. The fraction of sp³-hybridized carbons (Fsp3) is 0.158. The van der Waals surface area contributed by atoms with Crippen molar-refractivity contribution in [2.24, 2.45) is 0 Å². The van der Waals surface area contributed by atoms with E-state index in [1.807, 2.05) is 6.07 Å². The summed E-state index contributed by atoms with van der Waals surface area (Å²) in [7, 11) is 0. The Morgan fingerprint density at radius 2 is 1.93 bits per heavy atom. The van der Waals surface area contributed by atoms with Gasteiger partial charge in [-0.3, -0.25) is 4.79 Å². The number of halogens is 2. The molecule has 0 fully saturated rings. The summed E-state index contributed by atoms with van der Waals surface area (Å²) in [6.07, 6.45) is 1.42. The van der Waals surface area contributed by atoms with Gasteiger partial charge in [0.15, 0.2) is 11.5 Å². The minimum Gasteiger partial charge on any atom is -0.486 e. The van der Waals surface area contributed by atoms with E-state index >= 15 is 0 Å². The summed E-state index contributed by atoms with van der Waals surface area (Å²) in [5.41, 5.74) is 0.834. The van der Waals surface area contributed by atoms with Crippen LogP contribution in [-0.2, 0) is 4.79 Å². The van der Waals surface area contributed by atoms with Crippen LogP contribution in [0.2, 0.25) is 0 Å². The van der Waals surface area contributed by atoms with Crippen LogP contribution >= 0.6 is 11.8 Å². The van der Waals surface area contributed by atoms with Crippen molar-refractivity contribution in [2.45, 2.75) is 10.7 Å². The Morgan fingerprint density at radius 3 is 2.63 bits per heavy atom. The molecule has 2 aromatic rings. The van der Waals surface area contributed by atoms with Crippen molar-refractivity contribution in [3.8, 4) is 17.6 Å². The van der Waals surface area contributed by atoms with Gasteiger partial charge in [0.05, 0.1) is 0 Å². The zero-order valence-electron chi connectivity index (χ0n) is 13.9. The molecule has 1 heterocycles. The number of hydrogen-bond acceptors (Lipinski definition) is 5. The fourth-order valence-corrected chi connectivity index (χ4v) is 2.93. The fourth-order valence-electron chi connectivity index (χ4n) is 2.43. The third kappa shape index (κ3) is 4.77. The number of carbonyl (C=O) groups is 1. The molecule has 0 saturated carbocycles. The normalized spacial score (nSPS) is 13.2. The minimum absolute atomic E-state index is 0.122. The maximum absolute atomic E-state index is 12.4. The van der Waals surface area contributed by atoms with Gasteiger partial charge in [-0.25, -0.2) is 0 Å². The largest absolute Gasteiger partial charge is 0.486 e. The molecule has 138 valence electrons. The Hall–Kier alpha value is -3.05. The molecule has 0 radical (unpaired) electrons. The maximum Gasteiger partial charge on any atom is 0.288 e. The van der Waals surface area contributed by atoms with E-state index in [2.05, 4.69) is 5.32 Å². The van der Waals surface area contributed by atoms with Gasteiger partial charge in [0.2, 0.25) is 0 Å². The Bertz CT molecular complexity index is 908. The predicted molar refractivity (Wildman–Crippen MR) is 98.0 cm³/mol. The van der Waals surface area contributed by atoms with Gasteiger partial charge in [0, 0.05) is 16.1 Å².